The number of carbonyl (C=O) groups is 1. The minimum Gasteiger partial charge on any atom is -0.357 e. The zero-order chi connectivity index (χ0) is 27.0. The summed E-state index contributed by atoms with van der Waals surface area (Å²) in [6.45, 7) is 1.67. The molecule has 1 unspecified atom stereocenters. The summed E-state index contributed by atoms with van der Waals surface area (Å²) in [6, 6.07) is 6.03. The fourth-order valence-corrected chi connectivity index (χ4v) is 4.98. The Morgan fingerprint density at radius 3 is 2.61 bits per heavy atom. The van der Waals surface area contributed by atoms with Gasteiger partial charge in [0.25, 0.3) is 0 Å². The van der Waals surface area contributed by atoms with Gasteiger partial charge in [-0.15, -0.1) is 0 Å². The number of piperidine rings is 1. The first-order valence-corrected chi connectivity index (χ1v) is 12.3. The second-order valence-corrected chi connectivity index (χ2v) is 9.64. The number of hydrogen-bond acceptors (Lipinski definition) is 7. The van der Waals surface area contributed by atoms with Crippen molar-refractivity contribution in [1.82, 2.24) is 30.5 Å². The molecule has 5 rings (SSSR count). The zero-order valence-corrected chi connectivity index (χ0v) is 21.0. The third-order valence-corrected chi connectivity index (χ3v) is 6.96. The normalized spacial score (nSPS) is 20.2. The van der Waals surface area contributed by atoms with Crippen LogP contribution in [0.2, 0.25) is 0 Å². The van der Waals surface area contributed by atoms with Crippen LogP contribution in [-0.2, 0) is 11.8 Å². The second-order valence-electron chi connectivity index (χ2n) is 9.64. The molecule has 0 spiro atoms. The third-order valence-electron chi connectivity index (χ3n) is 6.96. The SMILES string of the molecule is CC1NN2C=C(c3cnn(C)c3)C=C(c3ccc(N4CCC(C(=O)NCC(F)(F)F)CC4)nc3)C2=C1C#N. The van der Waals surface area contributed by atoms with Crippen molar-refractivity contribution in [3.8, 4) is 6.07 Å². The number of halogens is 3. The molecule has 1 saturated heterocycles. The van der Waals surface area contributed by atoms with Gasteiger partial charge < -0.3 is 10.2 Å². The summed E-state index contributed by atoms with van der Waals surface area (Å²) < 4.78 is 39.0. The number of amides is 1. The Morgan fingerprint density at radius 1 is 1.24 bits per heavy atom. The number of hydrogen-bond donors (Lipinski definition) is 2. The van der Waals surface area contributed by atoms with E-state index >= 15 is 0 Å². The highest BCUT2D eigenvalue weighted by Crippen LogP contribution is 2.39. The molecule has 12 heteroatoms. The fourth-order valence-electron chi connectivity index (χ4n) is 4.98. The molecule has 0 aliphatic carbocycles. The molecule has 2 aromatic rings. The van der Waals surface area contributed by atoms with Gasteiger partial charge in [-0.3, -0.25) is 14.5 Å². The van der Waals surface area contributed by atoms with E-state index in [-0.39, 0.29) is 6.04 Å². The van der Waals surface area contributed by atoms with Crippen LogP contribution in [-0.4, -0.2) is 57.5 Å². The summed E-state index contributed by atoms with van der Waals surface area (Å²) in [6.07, 6.45) is 5.94. The molecule has 5 heterocycles. The predicted octanol–water partition coefficient (Wildman–Crippen LogP) is 3.13. The molecule has 198 valence electrons. The fraction of sp³-hybridized carbons (Fsp3) is 0.385. The van der Waals surface area contributed by atoms with Gasteiger partial charge in [-0.1, -0.05) is 0 Å². The Kier molecular flexibility index (Phi) is 6.71. The number of aromatic nitrogens is 3. The Balaban J connectivity index is 1.34. The molecule has 1 atom stereocenters. The van der Waals surface area contributed by atoms with Gasteiger partial charge >= 0.3 is 6.18 Å². The first-order valence-electron chi connectivity index (χ1n) is 12.3. The van der Waals surface area contributed by atoms with Crippen LogP contribution < -0.4 is 15.6 Å². The number of alkyl halides is 3. The molecule has 38 heavy (non-hydrogen) atoms. The maximum Gasteiger partial charge on any atom is 0.405 e. The molecule has 2 N–H and O–H groups in total. The molecular weight excluding hydrogens is 497 g/mol. The van der Waals surface area contributed by atoms with E-state index in [0.717, 1.165) is 33.8 Å². The Hall–Kier alpha value is -4.11. The maximum atomic E-state index is 12.4. The number of rotatable bonds is 5. The number of hydrazine groups is 1. The molecular formula is C26H27F3N8O. The summed E-state index contributed by atoms with van der Waals surface area (Å²) in [4.78, 5) is 18.8. The van der Waals surface area contributed by atoms with Gasteiger partial charge in [-0.2, -0.15) is 23.5 Å². The number of nitriles is 1. The highest BCUT2D eigenvalue weighted by Gasteiger charge is 2.34. The largest absolute Gasteiger partial charge is 0.405 e. The molecule has 0 aromatic carbocycles. The highest BCUT2D eigenvalue weighted by molar-refractivity contribution is 5.93. The Morgan fingerprint density at radius 2 is 2.00 bits per heavy atom. The second kappa shape index (κ2) is 9.98. The van der Waals surface area contributed by atoms with Crippen molar-refractivity contribution >= 4 is 22.9 Å². The zero-order valence-electron chi connectivity index (χ0n) is 21.0. The van der Waals surface area contributed by atoms with Crippen molar-refractivity contribution < 1.29 is 18.0 Å². The average Bonchev–Trinajstić information content (AvgIpc) is 3.48. The summed E-state index contributed by atoms with van der Waals surface area (Å²) in [5.41, 5.74) is 8.32. The predicted molar refractivity (Wildman–Crippen MR) is 134 cm³/mol. The van der Waals surface area contributed by atoms with E-state index in [4.69, 9.17) is 0 Å². The van der Waals surface area contributed by atoms with Crippen LogP contribution in [0.3, 0.4) is 0 Å². The summed E-state index contributed by atoms with van der Waals surface area (Å²) in [7, 11) is 1.85. The van der Waals surface area contributed by atoms with Gasteiger partial charge in [-0.05, 0) is 38.0 Å². The lowest BCUT2D eigenvalue weighted by Gasteiger charge is -2.32. The Labute approximate surface area is 217 Å². The van der Waals surface area contributed by atoms with Gasteiger partial charge in [0, 0.05) is 66.9 Å². The quantitative estimate of drug-likeness (QED) is 0.620. The topological polar surface area (TPSA) is 102 Å². The van der Waals surface area contributed by atoms with Gasteiger partial charge in [0.05, 0.1) is 29.6 Å². The summed E-state index contributed by atoms with van der Waals surface area (Å²) in [5.74, 6) is -0.277. The van der Waals surface area contributed by atoms with Crippen molar-refractivity contribution in [3.05, 3.63) is 65.4 Å². The average molecular weight is 525 g/mol. The third kappa shape index (κ3) is 5.15. The van der Waals surface area contributed by atoms with Crippen molar-refractivity contribution in [2.45, 2.75) is 32.0 Å². The lowest BCUT2D eigenvalue weighted by molar-refractivity contribution is -0.141. The number of carbonyl (C=O) groups excluding carboxylic acids is 1. The van der Waals surface area contributed by atoms with Gasteiger partial charge in [0.15, 0.2) is 0 Å². The summed E-state index contributed by atoms with van der Waals surface area (Å²) >= 11 is 0. The van der Waals surface area contributed by atoms with E-state index in [2.05, 4.69) is 21.6 Å². The number of nitrogens with zero attached hydrogens (tertiary/aromatic N) is 6. The Bertz CT molecular complexity index is 1360. The van der Waals surface area contributed by atoms with E-state index in [0.29, 0.717) is 31.5 Å². The smallest absolute Gasteiger partial charge is 0.357 e. The van der Waals surface area contributed by atoms with Crippen molar-refractivity contribution in [3.63, 3.8) is 0 Å². The van der Waals surface area contributed by atoms with Crippen LogP contribution >= 0.6 is 0 Å². The van der Waals surface area contributed by atoms with Crippen LogP contribution in [0.1, 0.15) is 30.9 Å². The molecule has 3 aliphatic heterocycles. The first kappa shape index (κ1) is 25.5. The first-order chi connectivity index (χ1) is 18.1. The number of fused-ring (bicyclic) bond motifs is 1. The van der Waals surface area contributed by atoms with Gasteiger partial charge in [0.2, 0.25) is 5.91 Å². The molecule has 3 aliphatic rings. The van der Waals surface area contributed by atoms with E-state index in [9.17, 15) is 23.2 Å². The van der Waals surface area contributed by atoms with Gasteiger partial charge in [-0.25, -0.2) is 10.4 Å². The molecule has 0 saturated carbocycles. The van der Waals surface area contributed by atoms with Crippen LogP contribution in [0.15, 0.2) is 54.3 Å². The van der Waals surface area contributed by atoms with E-state index in [1.54, 1.807) is 17.1 Å². The highest BCUT2D eigenvalue weighted by atomic mass is 19.4. The minimum atomic E-state index is -4.42. The summed E-state index contributed by atoms with van der Waals surface area (Å²) in [5, 5.41) is 18.0. The van der Waals surface area contributed by atoms with Crippen LogP contribution in [0.5, 0.6) is 0 Å². The van der Waals surface area contributed by atoms with Crippen molar-refractivity contribution in [2.75, 3.05) is 24.5 Å². The van der Waals surface area contributed by atoms with Crippen LogP contribution in [0.25, 0.3) is 11.1 Å². The molecule has 0 bridgehead atoms. The monoisotopic (exact) mass is 524 g/mol. The van der Waals surface area contributed by atoms with E-state index < -0.39 is 24.5 Å². The number of allylic oxidation sites excluding steroid dienone is 3. The van der Waals surface area contributed by atoms with E-state index in [1.807, 2.05) is 59.8 Å². The molecule has 0 radical (unpaired) electrons. The number of anilines is 1. The standard InChI is InChI=1S/C26H27F3N8O/c1-16-22(10-30)24-21(9-19(14-37(24)34-16)20-12-33-35(2)13-20)18-3-4-23(31-11-18)36-7-5-17(6-8-36)25(38)32-15-26(27,28)29/h3-4,9,11-14,16-17,34H,5-8,15H2,1-2H3,(H,32,38). The number of nitrogens with one attached hydrogen (secondary N) is 2. The number of aryl methyl sites for hydroxylation is 1. The van der Waals surface area contributed by atoms with Crippen molar-refractivity contribution in [1.29, 1.82) is 5.26 Å². The van der Waals surface area contributed by atoms with E-state index in [1.165, 1.54) is 0 Å². The molecule has 1 amide bonds. The lowest BCUT2D eigenvalue weighted by Crippen LogP contribution is -2.43. The van der Waals surface area contributed by atoms with Gasteiger partial charge in [0.1, 0.15) is 12.4 Å². The molecule has 1 fully saturated rings. The van der Waals surface area contributed by atoms with Crippen LogP contribution in [0, 0.1) is 17.2 Å². The van der Waals surface area contributed by atoms with Crippen molar-refractivity contribution in [2.24, 2.45) is 13.0 Å². The molecule has 9 nitrogen and oxygen atoms in total. The lowest BCUT2D eigenvalue weighted by atomic mass is 9.93. The minimum absolute atomic E-state index is 0.148. The maximum absolute atomic E-state index is 12.4. The molecule has 2 aromatic heterocycles. The number of pyridine rings is 1. The van der Waals surface area contributed by atoms with Crippen LogP contribution in [0.4, 0.5) is 19.0 Å².